The molecule has 12 heteroatoms. The van der Waals surface area contributed by atoms with Crippen molar-refractivity contribution in [2.75, 3.05) is 119 Å². The van der Waals surface area contributed by atoms with Gasteiger partial charge in [0.2, 0.25) is 0 Å². The van der Waals surface area contributed by atoms with E-state index in [1.807, 2.05) is 54.6 Å². The molecule has 0 saturated heterocycles. The smallest absolute Gasteiger partial charge is 0.379 e. The Hall–Kier alpha value is -4.34. The number of hydrogen-bond acceptors (Lipinski definition) is 12. The van der Waals surface area contributed by atoms with Crippen molar-refractivity contribution in [3.8, 4) is 0 Å². The highest BCUT2D eigenvalue weighted by atomic mass is 16.6. The van der Waals surface area contributed by atoms with Gasteiger partial charge in [-0.05, 0) is 16.7 Å². The molecule has 0 N–H and O–H groups in total. The molecule has 0 amide bonds. The maximum Gasteiger partial charge on any atom is 0.379 e. The summed E-state index contributed by atoms with van der Waals surface area (Å²) >= 11 is 0. The van der Waals surface area contributed by atoms with E-state index >= 15 is 0 Å². The molecule has 4 aromatic carbocycles. The van der Waals surface area contributed by atoms with Gasteiger partial charge >= 0.3 is 5.97 Å². The van der Waals surface area contributed by atoms with Crippen LogP contribution in [0.4, 0.5) is 0 Å². The zero-order valence-electron chi connectivity index (χ0n) is 32.7. The first-order valence-electron chi connectivity index (χ1n) is 19.4. The van der Waals surface area contributed by atoms with Crippen molar-refractivity contribution in [1.82, 2.24) is 0 Å². The van der Waals surface area contributed by atoms with Crippen LogP contribution < -0.4 is 0 Å². The molecule has 0 radical (unpaired) electrons. The fourth-order valence-corrected chi connectivity index (χ4v) is 5.63. The summed E-state index contributed by atoms with van der Waals surface area (Å²) in [4.78, 5) is 23.7. The zero-order chi connectivity index (χ0) is 39.9. The molecule has 0 bridgehead atoms. The Bertz CT molecular complexity index is 1500. The molecule has 0 fully saturated rings. The predicted molar refractivity (Wildman–Crippen MR) is 213 cm³/mol. The molecule has 0 heterocycles. The Morgan fingerprint density at radius 1 is 0.333 bits per heavy atom. The topological polar surface area (TPSA) is 126 Å². The Morgan fingerprint density at radius 3 is 0.912 bits per heavy atom. The van der Waals surface area contributed by atoms with Crippen molar-refractivity contribution in [2.24, 2.45) is 0 Å². The summed E-state index contributed by atoms with van der Waals surface area (Å²) < 4.78 is 56.0. The second kappa shape index (κ2) is 29.0. The number of ketones is 1. The molecular weight excluding hydrogens is 732 g/mol. The largest absolute Gasteiger partial charge is 0.457 e. The Labute approximate surface area is 336 Å². The third kappa shape index (κ3) is 17.4. The van der Waals surface area contributed by atoms with Crippen molar-refractivity contribution in [1.29, 1.82) is 0 Å². The standard InChI is InChI=1S/C45H56O12/c46-43(39-13-5-1-6-14-39)44(47)56-37-35-54-33-31-52-29-27-50-25-23-48-21-22-49-24-26-51-28-30-53-32-34-55-36-38-57-45(40-15-7-2-8-16-40,41-17-9-3-10-18-41)42-19-11-4-12-20-42/h1-20H,21-38H2. The van der Waals surface area contributed by atoms with Crippen LogP contribution in [0.2, 0.25) is 0 Å². The number of Topliss-reactive ketones (excluding diaryl/α,β-unsaturated/α-hetero) is 1. The first-order valence-corrected chi connectivity index (χ1v) is 19.4. The molecule has 0 saturated carbocycles. The van der Waals surface area contributed by atoms with Crippen molar-refractivity contribution in [3.05, 3.63) is 144 Å². The molecule has 0 atom stereocenters. The second-order valence-electron chi connectivity index (χ2n) is 12.4. The maximum atomic E-state index is 11.9. The van der Waals surface area contributed by atoms with Crippen LogP contribution >= 0.6 is 0 Å². The summed E-state index contributed by atoms with van der Waals surface area (Å²) in [7, 11) is 0. The van der Waals surface area contributed by atoms with E-state index in [1.54, 1.807) is 30.3 Å². The van der Waals surface area contributed by atoms with E-state index < -0.39 is 17.4 Å². The number of ether oxygens (including phenoxy) is 10. The molecule has 0 aliphatic rings. The van der Waals surface area contributed by atoms with Crippen LogP contribution in [0.3, 0.4) is 0 Å². The lowest BCUT2D eigenvalue weighted by molar-refractivity contribution is -0.139. The fraction of sp³-hybridized carbons (Fsp3) is 0.422. The normalized spacial score (nSPS) is 11.4. The molecule has 0 aromatic heterocycles. The second-order valence-corrected chi connectivity index (χ2v) is 12.4. The van der Waals surface area contributed by atoms with Crippen molar-refractivity contribution in [3.63, 3.8) is 0 Å². The van der Waals surface area contributed by atoms with Gasteiger partial charge in [0.25, 0.3) is 5.78 Å². The van der Waals surface area contributed by atoms with Crippen molar-refractivity contribution in [2.45, 2.75) is 5.60 Å². The summed E-state index contributed by atoms with van der Waals surface area (Å²) in [6.07, 6.45) is 0. The number of hydrogen-bond donors (Lipinski definition) is 0. The molecule has 0 unspecified atom stereocenters. The van der Waals surface area contributed by atoms with E-state index in [2.05, 4.69) is 36.4 Å². The van der Waals surface area contributed by atoms with Crippen LogP contribution in [0, 0.1) is 0 Å². The molecule has 0 spiro atoms. The first-order chi connectivity index (χ1) is 28.2. The molecule has 57 heavy (non-hydrogen) atoms. The third-order valence-electron chi connectivity index (χ3n) is 8.37. The zero-order valence-corrected chi connectivity index (χ0v) is 32.7. The summed E-state index contributed by atoms with van der Waals surface area (Å²) in [5, 5.41) is 0. The number of carbonyl (C=O) groups is 2. The highest BCUT2D eigenvalue weighted by Gasteiger charge is 2.37. The summed E-state index contributed by atoms with van der Waals surface area (Å²) in [5.74, 6) is -1.57. The van der Waals surface area contributed by atoms with E-state index in [9.17, 15) is 9.59 Å². The van der Waals surface area contributed by atoms with E-state index in [1.165, 1.54) is 0 Å². The van der Waals surface area contributed by atoms with Crippen LogP contribution in [0.25, 0.3) is 0 Å². The molecular formula is C45H56O12. The minimum Gasteiger partial charge on any atom is -0.457 e. The molecule has 0 aliphatic heterocycles. The van der Waals surface area contributed by atoms with Gasteiger partial charge in [-0.15, -0.1) is 0 Å². The minimum atomic E-state index is -0.898. The number of benzene rings is 4. The molecule has 4 aromatic rings. The number of rotatable bonds is 33. The van der Waals surface area contributed by atoms with Crippen LogP contribution in [0.1, 0.15) is 27.0 Å². The Balaban J connectivity index is 0.885. The Kier molecular flexibility index (Phi) is 23.0. The summed E-state index contributed by atoms with van der Waals surface area (Å²) in [6.45, 7) is 7.22. The highest BCUT2D eigenvalue weighted by Crippen LogP contribution is 2.40. The van der Waals surface area contributed by atoms with E-state index in [0.29, 0.717) is 111 Å². The molecule has 12 nitrogen and oxygen atoms in total. The number of carbonyl (C=O) groups excluding carboxylic acids is 2. The minimum absolute atomic E-state index is 0.00572. The van der Waals surface area contributed by atoms with Gasteiger partial charge < -0.3 is 47.4 Å². The lowest BCUT2D eigenvalue weighted by Gasteiger charge is -2.36. The quantitative estimate of drug-likeness (QED) is 0.0198. The highest BCUT2D eigenvalue weighted by molar-refractivity contribution is 6.40. The van der Waals surface area contributed by atoms with Gasteiger partial charge in [-0.2, -0.15) is 0 Å². The van der Waals surface area contributed by atoms with Gasteiger partial charge in [0.05, 0.1) is 112 Å². The third-order valence-corrected chi connectivity index (χ3v) is 8.37. The maximum absolute atomic E-state index is 11.9. The molecule has 4 rings (SSSR count). The van der Waals surface area contributed by atoms with Crippen LogP contribution in [0.5, 0.6) is 0 Å². The predicted octanol–water partition coefficient (Wildman–Crippen LogP) is 5.55. The fourth-order valence-electron chi connectivity index (χ4n) is 5.63. The molecule has 308 valence electrons. The van der Waals surface area contributed by atoms with Gasteiger partial charge in [0, 0.05) is 5.56 Å². The van der Waals surface area contributed by atoms with Crippen LogP contribution in [0.15, 0.2) is 121 Å². The lowest BCUT2D eigenvalue weighted by Crippen LogP contribution is -2.34. The van der Waals surface area contributed by atoms with Crippen LogP contribution in [-0.2, 0) is 57.8 Å². The summed E-state index contributed by atoms with van der Waals surface area (Å²) in [5.41, 5.74) is 2.71. The van der Waals surface area contributed by atoms with Crippen molar-refractivity contribution < 1.29 is 57.0 Å². The van der Waals surface area contributed by atoms with E-state index in [4.69, 9.17) is 47.4 Å². The van der Waals surface area contributed by atoms with Gasteiger partial charge in [0.1, 0.15) is 12.2 Å². The van der Waals surface area contributed by atoms with E-state index in [0.717, 1.165) is 16.7 Å². The van der Waals surface area contributed by atoms with E-state index in [-0.39, 0.29) is 13.2 Å². The Morgan fingerprint density at radius 2 is 0.596 bits per heavy atom. The van der Waals surface area contributed by atoms with Gasteiger partial charge in [-0.3, -0.25) is 4.79 Å². The molecule has 0 aliphatic carbocycles. The van der Waals surface area contributed by atoms with Crippen molar-refractivity contribution >= 4 is 11.8 Å². The first kappa shape index (κ1) is 45.4. The van der Waals surface area contributed by atoms with Gasteiger partial charge in [0.15, 0.2) is 0 Å². The van der Waals surface area contributed by atoms with Crippen LogP contribution in [-0.4, -0.2) is 131 Å². The average molecular weight is 789 g/mol. The average Bonchev–Trinajstić information content (AvgIpc) is 3.27. The SMILES string of the molecule is O=C(OCCOCCOCCOCCOCCOCCOCCOCCOCCOC(c1ccccc1)(c1ccccc1)c1ccccc1)C(=O)c1ccccc1. The van der Waals surface area contributed by atoms with Gasteiger partial charge in [-0.1, -0.05) is 121 Å². The van der Waals surface area contributed by atoms with Gasteiger partial charge in [-0.25, -0.2) is 4.79 Å². The summed E-state index contributed by atoms with van der Waals surface area (Å²) in [6, 6.07) is 39.2. The lowest BCUT2D eigenvalue weighted by atomic mass is 9.80. The number of esters is 1. The monoisotopic (exact) mass is 788 g/mol.